The highest BCUT2D eigenvalue weighted by atomic mass is 35.5. The molecule has 2 heterocycles. The molecule has 1 saturated heterocycles. The van der Waals surface area contributed by atoms with Gasteiger partial charge in [0.15, 0.2) is 0 Å². The van der Waals surface area contributed by atoms with Crippen LogP contribution in [0, 0.1) is 11.3 Å². The highest BCUT2D eigenvalue weighted by Crippen LogP contribution is 2.32. The number of nitrogens with zero attached hydrogens (tertiary/aromatic N) is 3. The third-order valence-electron chi connectivity index (χ3n) is 5.71. The van der Waals surface area contributed by atoms with Gasteiger partial charge in [-0.2, -0.15) is 18.4 Å². The molecule has 7 nitrogen and oxygen atoms in total. The molecule has 0 aliphatic carbocycles. The number of rotatable bonds is 4. The van der Waals surface area contributed by atoms with E-state index in [1.807, 2.05) is 0 Å². The maximum absolute atomic E-state index is 13.1. The molecule has 1 aromatic heterocycles. The second-order valence-corrected chi connectivity index (χ2v) is 7.97. The zero-order chi connectivity index (χ0) is 23.6. The lowest BCUT2D eigenvalue weighted by Gasteiger charge is -2.21. The number of carbonyl (C=O) groups excluding carboxylic acids is 1. The maximum Gasteiger partial charge on any atom is 0.416 e. The number of hydrogen-bond acceptors (Lipinski definition) is 5. The summed E-state index contributed by atoms with van der Waals surface area (Å²) < 4.78 is 41.1. The summed E-state index contributed by atoms with van der Waals surface area (Å²) in [6.45, 7) is 1.15. The molecule has 1 fully saturated rings. The first-order chi connectivity index (χ1) is 15.8. The maximum atomic E-state index is 13.1. The molecule has 4 rings (SSSR count). The summed E-state index contributed by atoms with van der Waals surface area (Å²) in [6.07, 6.45) is -1.89. The molecule has 1 unspecified atom stereocenters. The van der Waals surface area contributed by atoms with Gasteiger partial charge < -0.3 is 15.0 Å². The van der Waals surface area contributed by atoms with Gasteiger partial charge in [-0.3, -0.25) is 10.1 Å². The topological polar surface area (TPSA) is 103 Å². The largest absolute Gasteiger partial charge is 0.416 e. The quantitative estimate of drug-likeness (QED) is 0.499. The van der Waals surface area contributed by atoms with E-state index >= 15 is 0 Å². The van der Waals surface area contributed by atoms with E-state index in [-0.39, 0.29) is 36.6 Å². The summed E-state index contributed by atoms with van der Waals surface area (Å²) >= 11 is 0. The Morgan fingerprint density at radius 1 is 1.29 bits per heavy atom. The Bertz CT molecular complexity index is 1230. The number of nitrogens with one attached hydrogen (secondary N) is 2. The van der Waals surface area contributed by atoms with E-state index in [9.17, 15) is 28.3 Å². The van der Waals surface area contributed by atoms with Crippen LogP contribution in [0.3, 0.4) is 0 Å². The smallest absolute Gasteiger partial charge is 0.392 e. The SMILES string of the molecule is Cl.N#Cc1cc(CO)cc2nc(NC(=O)c3cccc(C(F)(F)F)c3)n(C3CCCCNC3)c12. The number of halogens is 4. The minimum Gasteiger partial charge on any atom is -0.392 e. The van der Waals surface area contributed by atoms with Crippen LogP contribution in [0.15, 0.2) is 36.4 Å². The number of hydrogen-bond donors (Lipinski definition) is 3. The number of nitriles is 1. The molecule has 180 valence electrons. The van der Waals surface area contributed by atoms with Crippen molar-refractivity contribution >= 4 is 35.3 Å². The summed E-state index contributed by atoms with van der Waals surface area (Å²) in [6, 6.07) is 9.39. The number of imidazole rings is 1. The first kappa shape index (κ1) is 25.5. The lowest BCUT2D eigenvalue weighted by Crippen LogP contribution is -2.26. The molecule has 3 aromatic rings. The molecule has 0 saturated carbocycles. The minimum atomic E-state index is -4.57. The molecule has 0 spiro atoms. The molecule has 0 bridgehead atoms. The molecular weight excluding hydrogens is 471 g/mol. The van der Waals surface area contributed by atoms with E-state index in [0.717, 1.165) is 37.9 Å². The van der Waals surface area contributed by atoms with Gasteiger partial charge in [0, 0.05) is 18.2 Å². The van der Waals surface area contributed by atoms with Crippen LogP contribution in [0.5, 0.6) is 0 Å². The van der Waals surface area contributed by atoms with Gasteiger partial charge in [0.1, 0.15) is 6.07 Å². The molecule has 11 heteroatoms. The van der Waals surface area contributed by atoms with Gasteiger partial charge in [-0.05, 0) is 55.3 Å². The van der Waals surface area contributed by atoms with Crippen molar-refractivity contribution in [2.45, 2.75) is 38.1 Å². The van der Waals surface area contributed by atoms with E-state index < -0.39 is 17.6 Å². The van der Waals surface area contributed by atoms with Crippen molar-refractivity contribution in [3.63, 3.8) is 0 Å². The Labute approximate surface area is 200 Å². The fraction of sp³-hybridized carbons (Fsp3) is 0.348. The Balaban J connectivity index is 0.00000324. The Morgan fingerprint density at radius 3 is 2.79 bits per heavy atom. The number of aromatic nitrogens is 2. The van der Waals surface area contributed by atoms with E-state index in [2.05, 4.69) is 21.7 Å². The van der Waals surface area contributed by atoms with Crippen LogP contribution in [0.25, 0.3) is 11.0 Å². The molecule has 1 amide bonds. The number of benzene rings is 2. The first-order valence-electron chi connectivity index (χ1n) is 10.6. The van der Waals surface area contributed by atoms with Crippen molar-refractivity contribution in [1.29, 1.82) is 5.26 Å². The highest BCUT2D eigenvalue weighted by Gasteiger charge is 2.31. The normalized spacial score (nSPS) is 16.4. The van der Waals surface area contributed by atoms with Crippen LogP contribution in [0.1, 0.15) is 52.4 Å². The summed E-state index contributed by atoms with van der Waals surface area (Å²) in [5, 5.41) is 25.3. The molecule has 1 atom stereocenters. The average Bonchev–Trinajstić information content (AvgIpc) is 2.96. The first-order valence-corrected chi connectivity index (χ1v) is 10.6. The molecule has 3 N–H and O–H groups in total. The molecule has 34 heavy (non-hydrogen) atoms. The standard InChI is InChI=1S/C23H22F3N5O2.ClH/c24-23(25,26)17-5-3-4-15(10-17)21(33)30-22-29-19-9-14(13-32)8-16(11-27)20(19)31(22)18-6-1-2-7-28-12-18;/h3-5,8-10,18,28,32H,1-2,6-7,12-13H2,(H,29,30,33);1H. The number of carbonyl (C=O) groups is 1. The van der Waals surface area contributed by atoms with Crippen LogP contribution in [-0.2, 0) is 12.8 Å². The van der Waals surface area contributed by atoms with Gasteiger partial charge in [-0.15, -0.1) is 12.4 Å². The van der Waals surface area contributed by atoms with Gasteiger partial charge in [0.05, 0.1) is 28.8 Å². The van der Waals surface area contributed by atoms with Crippen molar-refractivity contribution in [3.05, 3.63) is 58.7 Å². The number of fused-ring (bicyclic) bond motifs is 1. The lowest BCUT2D eigenvalue weighted by atomic mass is 10.1. The fourth-order valence-electron chi connectivity index (χ4n) is 4.14. The van der Waals surface area contributed by atoms with E-state index in [1.165, 1.54) is 12.1 Å². The highest BCUT2D eigenvalue weighted by molar-refractivity contribution is 6.04. The lowest BCUT2D eigenvalue weighted by molar-refractivity contribution is -0.137. The van der Waals surface area contributed by atoms with Gasteiger partial charge >= 0.3 is 6.18 Å². The number of aliphatic hydroxyl groups excluding tert-OH is 1. The third kappa shape index (κ3) is 5.17. The zero-order valence-electron chi connectivity index (χ0n) is 18.0. The van der Waals surface area contributed by atoms with E-state index in [1.54, 1.807) is 16.7 Å². The molecule has 0 radical (unpaired) electrons. The molecule has 1 aliphatic heterocycles. The van der Waals surface area contributed by atoms with Crippen LogP contribution in [0.2, 0.25) is 0 Å². The minimum absolute atomic E-state index is 0. The van der Waals surface area contributed by atoms with Crippen molar-refractivity contribution in [3.8, 4) is 6.07 Å². The fourth-order valence-corrected chi connectivity index (χ4v) is 4.14. The predicted molar refractivity (Wildman–Crippen MR) is 123 cm³/mol. The number of aliphatic hydroxyl groups is 1. The number of anilines is 1. The van der Waals surface area contributed by atoms with E-state index in [0.29, 0.717) is 28.7 Å². The van der Waals surface area contributed by atoms with E-state index in [4.69, 9.17) is 0 Å². The Morgan fingerprint density at radius 2 is 2.09 bits per heavy atom. The van der Waals surface area contributed by atoms with Crippen LogP contribution < -0.4 is 10.6 Å². The monoisotopic (exact) mass is 493 g/mol. The summed E-state index contributed by atoms with van der Waals surface area (Å²) in [5.41, 5.74) is 0.658. The van der Waals surface area contributed by atoms with Gasteiger partial charge in [0.2, 0.25) is 5.95 Å². The van der Waals surface area contributed by atoms with Crippen molar-refractivity contribution < 1.29 is 23.1 Å². The Kier molecular flexibility index (Phi) is 7.82. The Hall–Kier alpha value is -3.13. The van der Waals surface area contributed by atoms with Crippen molar-refractivity contribution in [2.75, 3.05) is 18.4 Å². The third-order valence-corrected chi connectivity index (χ3v) is 5.71. The summed E-state index contributed by atoms with van der Waals surface area (Å²) in [7, 11) is 0. The number of alkyl halides is 3. The van der Waals surface area contributed by atoms with Crippen LogP contribution >= 0.6 is 12.4 Å². The molecule has 1 aliphatic rings. The van der Waals surface area contributed by atoms with Gasteiger partial charge in [0.25, 0.3) is 5.91 Å². The second-order valence-electron chi connectivity index (χ2n) is 7.97. The summed E-state index contributed by atoms with van der Waals surface area (Å²) in [4.78, 5) is 17.4. The average molecular weight is 494 g/mol. The summed E-state index contributed by atoms with van der Waals surface area (Å²) in [5.74, 6) is -0.590. The zero-order valence-corrected chi connectivity index (χ0v) is 18.8. The second kappa shape index (κ2) is 10.4. The molecule has 2 aromatic carbocycles. The van der Waals surface area contributed by atoms with Gasteiger partial charge in [-0.1, -0.05) is 12.5 Å². The van der Waals surface area contributed by atoms with Gasteiger partial charge in [-0.25, -0.2) is 4.98 Å². The predicted octanol–water partition coefficient (Wildman–Crippen LogP) is 4.41. The number of amides is 1. The molecular formula is C23H23ClF3N5O2. The van der Waals surface area contributed by atoms with Crippen LogP contribution in [0.4, 0.5) is 19.1 Å². The van der Waals surface area contributed by atoms with Crippen molar-refractivity contribution in [1.82, 2.24) is 14.9 Å². The van der Waals surface area contributed by atoms with Crippen LogP contribution in [-0.4, -0.2) is 33.7 Å². The van der Waals surface area contributed by atoms with Crippen molar-refractivity contribution in [2.24, 2.45) is 0 Å².